The number of aliphatic imine (C=N–C) groups is 1. The van der Waals surface area contributed by atoms with Crippen molar-refractivity contribution in [3.05, 3.63) is 67.6 Å². The summed E-state index contributed by atoms with van der Waals surface area (Å²) in [6.45, 7) is 0.157. The highest BCUT2D eigenvalue weighted by Gasteiger charge is 2.29. The fourth-order valence-electron chi connectivity index (χ4n) is 2.73. The molecular weight excluding hydrogens is 430 g/mol. The van der Waals surface area contributed by atoms with Crippen molar-refractivity contribution in [2.75, 3.05) is 21.2 Å². The normalized spacial score (nSPS) is 16.4. The Morgan fingerprint density at radius 3 is 2.57 bits per heavy atom. The minimum absolute atomic E-state index is 0.00741. The van der Waals surface area contributed by atoms with Crippen molar-refractivity contribution < 1.29 is 19.2 Å². The Bertz CT molecular complexity index is 1050. The van der Waals surface area contributed by atoms with Crippen LogP contribution in [-0.4, -0.2) is 42.1 Å². The zero-order valence-electron chi connectivity index (χ0n) is 16.4. The summed E-state index contributed by atoms with van der Waals surface area (Å²) >= 11 is 7.68. The molecule has 1 saturated heterocycles. The summed E-state index contributed by atoms with van der Waals surface area (Å²) in [4.78, 5) is 28.7. The molecule has 156 valence electrons. The number of benzene rings is 2. The van der Waals surface area contributed by atoms with E-state index in [9.17, 15) is 14.9 Å². The van der Waals surface area contributed by atoms with Crippen LogP contribution in [0.3, 0.4) is 0 Å². The highest BCUT2D eigenvalue weighted by molar-refractivity contribution is 8.18. The number of non-ortho nitro benzene ring substituents is 1. The van der Waals surface area contributed by atoms with E-state index < -0.39 is 4.92 Å². The summed E-state index contributed by atoms with van der Waals surface area (Å²) in [7, 11) is 4.79. The van der Waals surface area contributed by atoms with E-state index in [2.05, 4.69) is 4.99 Å². The van der Waals surface area contributed by atoms with Crippen LogP contribution < -0.4 is 9.47 Å². The summed E-state index contributed by atoms with van der Waals surface area (Å²) in [5.74, 6) is 0.608. The molecule has 0 bridgehead atoms. The highest BCUT2D eigenvalue weighted by atomic mass is 35.5. The van der Waals surface area contributed by atoms with Gasteiger partial charge in [-0.15, -0.1) is 0 Å². The molecule has 0 saturated carbocycles. The molecule has 0 aromatic heterocycles. The Kier molecular flexibility index (Phi) is 6.63. The number of nitro groups is 1. The van der Waals surface area contributed by atoms with Gasteiger partial charge in [0.05, 0.1) is 22.0 Å². The molecule has 0 N–H and O–H groups in total. The van der Waals surface area contributed by atoms with E-state index in [1.54, 1.807) is 44.4 Å². The number of hydrogen-bond acceptors (Lipinski definition) is 7. The van der Waals surface area contributed by atoms with Gasteiger partial charge in [-0.25, -0.2) is 0 Å². The number of nitrogens with zero attached hydrogens (tertiary/aromatic N) is 3. The lowest BCUT2D eigenvalue weighted by atomic mass is 10.1. The zero-order chi connectivity index (χ0) is 21.8. The Labute approximate surface area is 182 Å². The first-order chi connectivity index (χ1) is 14.3. The van der Waals surface area contributed by atoms with Gasteiger partial charge in [0.1, 0.15) is 6.61 Å². The Hall–Kier alpha value is -3.04. The van der Waals surface area contributed by atoms with Crippen LogP contribution in [0.2, 0.25) is 5.02 Å². The summed E-state index contributed by atoms with van der Waals surface area (Å²) in [5.41, 5.74) is 1.43. The van der Waals surface area contributed by atoms with Crippen molar-refractivity contribution in [2.24, 2.45) is 4.99 Å². The van der Waals surface area contributed by atoms with Crippen LogP contribution in [0.4, 0.5) is 5.69 Å². The summed E-state index contributed by atoms with van der Waals surface area (Å²) in [5, 5.41) is 11.7. The van der Waals surface area contributed by atoms with E-state index in [0.29, 0.717) is 32.2 Å². The molecule has 30 heavy (non-hydrogen) atoms. The number of amides is 1. The minimum atomic E-state index is -0.460. The number of rotatable bonds is 6. The minimum Gasteiger partial charge on any atom is -0.493 e. The molecule has 1 aliphatic heterocycles. The Morgan fingerprint density at radius 1 is 1.30 bits per heavy atom. The Balaban J connectivity index is 1.81. The number of carbonyl (C=O) groups is 1. The summed E-state index contributed by atoms with van der Waals surface area (Å²) < 4.78 is 11.2. The van der Waals surface area contributed by atoms with Gasteiger partial charge in [-0.2, -0.15) is 0 Å². The third kappa shape index (κ3) is 4.58. The van der Waals surface area contributed by atoms with Gasteiger partial charge in [-0.1, -0.05) is 11.6 Å². The lowest BCUT2D eigenvalue weighted by Crippen LogP contribution is -2.23. The fraction of sp³-hybridized carbons (Fsp3) is 0.200. The third-order valence-electron chi connectivity index (χ3n) is 4.27. The molecule has 2 aromatic carbocycles. The van der Waals surface area contributed by atoms with Gasteiger partial charge < -0.3 is 9.47 Å². The average molecular weight is 448 g/mol. The van der Waals surface area contributed by atoms with Crippen LogP contribution in [0.25, 0.3) is 6.08 Å². The zero-order valence-corrected chi connectivity index (χ0v) is 18.0. The van der Waals surface area contributed by atoms with Crippen LogP contribution in [0.1, 0.15) is 11.1 Å². The van der Waals surface area contributed by atoms with Gasteiger partial charge in [0.15, 0.2) is 16.7 Å². The number of likely N-dealkylation sites (N-methyl/N-ethyl adjacent to an activating group) is 1. The maximum atomic E-state index is 12.3. The molecule has 1 heterocycles. The summed E-state index contributed by atoms with van der Waals surface area (Å²) in [6.07, 6.45) is 1.72. The molecule has 0 unspecified atom stereocenters. The maximum absolute atomic E-state index is 12.3. The quantitative estimate of drug-likeness (QED) is 0.371. The summed E-state index contributed by atoms with van der Waals surface area (Å²) in [6, 6.07) is 9.45. The van der Waals surface area contributed by atoms with E-state index in [4.69, 9.17) is 21.1 Å². The number of ether oxygens (including phenoxy) is 2. The standard InChI is InChI=1S/C20H18ClN3O5S/c1-22-20-23(2)19(25)17(30-20)10-13-8-15(21)18(16(9-13)28-3)29-11-12-4-6-14(7-5-12)24(26)27/h4-10H,11H2,1-3H3/b17-10-,22-20?. The number of nitro benzene ring substituents is 1. The average Bonchev–Trinajstić information content (AvgIpc) is 3.00. The molecule has 0 atom stereocenters. The maximum Gasteiger partial charge on any atom is 0.269 e. The predicted molar refractivity (Wildman–Crippen MR) is 117 cm³/mol. The van der Waals surface area contributed by atoms with Gasteiger partial charge in [-0.3, -0.25) is 24.8 Å². The molecule has 0 spiro atoms. The highest BCUT2D eigenvalue weighted by Crippen LogP contribution is 2.39. The van der Waals surface area contributed by atoms with E-state index >= 15 is 0 Å². The third-order valence-corrected chi connectivity index (χ3v) is 5.71. The van der Waals surface area contributed by atoms with Crippen LogP contribution in [0.15, 0.2) is 46.3 Å². The first-order valence-corrected chi connectivity index (χ1v) is 9.91. The van der Waals surface area contributed by atoms with Crippen LogP contribution in [0.5, 0.6) is 11.5 Å². The van der Waals surface area contributed by atoms with Crippen molar-refractivity contribution in [3.8, 4) is 11.5 Å². The van der Waals surface area contributed by atoms with Gasteiger partial charge in [0.25, 0.3) is 11.6 Å². The number of halogens is 1. The number of hydrogen-bond donors (Lipinski definition) is 0. The van der Waals surface area contributed by atoms with Crippen LogP contribution in [-0.2, 0) is 11.4 Å². The SMILES string of the molecule is CN=C1S/C(=C\c2cc(Cl)c(OCc3ccc([N+](=O)[O-])cc3)c(OC)c2)C(=O)N1C. The molecule has 1 amide bonds. The topological polar surface area (TPSA) is 94.3 Å². The second kappa shape index (κ2) is 9.19. The molecule has 10 heteroatoms. The lowest BCUT2D eigenvalue weighted by Gasteiger charge is -2.13. The fourth-order valence-corrected chi connectivity index (χ4v) is 3.93. The lowest BCUT2D eigenvalue weighted by molar-refractivity contribution is -0.384. The van der Waals surface area contributed by atoms with E-state index in [1.807, 2.05) is 0 Å². The van der Waals surface area contributed by atoms with E-state index in [1.165, 1.54) is 35.9 Å². The van der Waals surface area contributed by atoms with Crippen molar-refractivity contribution in [1.29, 1.82) is 0 Å². The van der Waals surface area contributed by atoms with Crippen molar-refractivity contribution in [2.45, 2.75) is 6.61 Å². The van der Waals surface area contributed by atoms with E-state index in [-0.39, 0.29) is 18.2 Å². The van der Waals surface area contributed by atoms with Crippen molar-refractivity contribution in [1.82, 2.24) is 4.90 Å². The number of methoxy groups -OCH3 is 1. The Morgan fingerprint density at radius 2 is 2.00 bits per heavy atom. The van der Waals surface area contributed by atoms with Gasteiger partial charge >= 0.3 is 0 Å². The molecule has 8 nitrogen and oxygen atoms in total. The van der Waals surface area contributed by atoms with Crippen molar-refractivity contribution in [3.63, 3.8) is 0 Å². The molecule has 1 aliphatic rings. The second-order valence-electron chi connectivity index (χ2n) is 6.23. The van der Waals surface area contributed by atoms with Crippen LogP contribution >= 0.6 is 23.4 Å². The first kappa shape index (κ1) is 21.7. The van der Waals surface area contributed by atoms with Gasteiger partial charge in [-0.05, 0) is 53.2 Å². The van der Waals surface area contributed by atoms with Gasteiger partial charge in [0.2, 0.25) is 0 Å². The molecule has 0 radical (unpaired) electrons. The smallest absolute Gasteiger partial charge is 0.269 e. The molecule has 2 aromatic rings. The molecule has 1 fully saturated rings. The number of thioether (sulfide) groups is 1. The van der Waals surface area contributed by atoms with E-state index in [0.717, 1.165) is 5.56 Å². The predicted octanol–water partition coefficient (Wildman–Crippen LogP) is 4.37. The van der Waals surface area contributed by atoms with Crippen LogP contribution in [0, 0.1) is 10.1 Å². The molecule has 3 rings (SSSR count). The monoisotopic (exact) mass is 447 g/mol. The second-order valence-corrected chi connectivity index (χ2v) is 7.64. The van der Waals surface area contributed by atoms with Crippen molar-refractivity contribution >= 4 is 46.2 Å². The number of amidine groups is 1. The molecule has 0 aliphatic carbocycles. The first-order valence-electron chi connectivity index (χ1n) is 8.72. The largest absolute Gasteiger partial charge is 0.493 e. The number of carbonyl (C=O) groups excluding carboxylic acids is 1. The van der Waals surface area contributed by atoms with Gasteiger partial charge in [0, 0.05) is 26.2 Å². The molecular formula is C20H18ClN3O5S.